The second kappa shape index (κ2) is 8.63. The molecular formula is C19H20ClNO5S2. The number of rotatable bonds is 6. The SMILES string of the molecule is CCOC(=O)c1c(-c2ccc(Cl)cc2)csc1NC(=O)CC1CCS(=O)(=O)C1. The topological polar surface area (TPSA) is 89.5 Å². The van der Waals surface area contributed by atoms with E-state index >= 15 is 0 Å². The van der Waals surface area contributed by atoms with Crippen LogP contribution in [0.25, 0.3) is 11.1 Å². The molecule has 1 aliphatic rings. The first-order chi connectivity index (χ1) is 13.3. The van der Waals surface area contributed by atoms with Crippen LogP contribution < -0.4 is 5.32 Å². The summed E-state index contributed by atoms with van der Waals surface area (Å²) in [6.07, 6.45) is 0.594. The first kappa shape index (κ1) is 20.8. The molecule has 1 unspecified atom stereocenters. The van der Waals surface area contributed by atoms with Gasteiger partial charge in [0.25, 0.3) is 0 Å². The van der Waals surface area contributed by atoms with Crippen molar-refractivity contribution in [2.45, 2.75) is 19.8 Å². The third kappa shape index (κ3) is 4.92. The van der Waals surface area contributed by atoms with Gasteiger partial charge in [-0.2, -0.15) is 0 Å². The molecule has 1 fully saturated rings. The zero-order chi connectivity index (χ0) is 20.3. The van der Waals surface area contributed by atoms with E-state index in [0.717, 1.165) is 5.56 Å². The molecule has 2 heterocycles. The second-order valence-corrected chi connectivity index (χ2v) is 10.1. The average molecular weight is 442 g/mol. The van der Waals surface area contributed by atoms with Crippen molar-refractivity contribution in [3.8, 4) is 11.1 Å². The fraction of sp³-hybridized carbons (Fsp3) is 0.368. The van der Waals surface area contributed by atoms with Gasteiger partial charge in [0.2, 0.25) is 5.91 Å². The van der Waals surface area contributed by atoms with Crippen molar-refractivity contribution < 1.29 is 22.7 Å². The molecule has 0 bridgehead atoms. The van der Waals surface area contributed by atoms with Crippen LogP contribution in [0.1, 0.15) is 30.1 Å². The predicted molar refractivity (Wildman–Crippen MR) is 111 cm³/mol. The normalized spacial score (nSPS) is 18.0. The van der Waals surface area contributed by atoms with Crippen LogP contribution in [-0.2, 0) is 19.4 Å². The molecule has 2 aromatic rings. The zero-order valence-corrected chi connectivity index (χ0v) is 17.6. The van der Waals surface area contributed by atoms with E-state index < -0.39 is 15.8 Å². The number of thiophene rings is 1. The Morgan fingerprint density at radius 3 is 2.61 bits per heavy atom. The number of benzene rings is 1. The Balaban J connectivity index is 1.83. The summed E-state index contributed by atoms with van der Waals surface area (Å²) in [6.45, 7) is 1.92. The third-order valence-corrected chi connectivity index (χ3v) is 7.46. The van der Waals surface area contributed by atoms with E-state index in [9.17, 15) is 18.0 Å². The first-order valence-electron chi connectivity index (χ1n) is 8.84. The number of carbonyl (C=O) groups excluding carboxylic acids is 2. The fourth-order valence-electron chi connectivity index (χ4n) is 3.17. The Labute approximate surface area is 172 Å². The van der Waals surface area contributed by atoms with Gasteiger partial charge in [-0.05, 0) is 37.0 Å². The Kier molecular flexibility index (Phi) is 6.42. The molecule has 0 radical (unpaired) electrons. The van der Waals surface area contributed by atoms with Crippen molar-refractivity contribution in [2.24, 2.45) is 5.92 Å². The maximum absolute atomic E-state index is 12.5. The zero-order valence-electron chi connectivity index (χ0n) is 15.2. The largest absolute Gasteiger partial charge is 0.462 e. The van der Waals surface area contributed by atoms with Gasteiger partial charge in [-0.15, -0.1) is 11.3 Å². The Hall–Kier alpha value is -1.90. The number of halogens is 1. The molecule has 1 saturated heterocycles. The van der Waals surface area contributed by atoms with Crippen molar-refractivity contribution in [1.82, 2.24) is 0 Å². The lowest BCUT2D eigenvalue weighted by Gasteiger charge is -2.10. The Morgan fingerprint density at radius 2 is 2.00 bits per heavy atom. The monoisotopic (exact) mass is 441 g/mol. The highest BCUT2D eigenvalue weighted by atomic mass is 35.5. The molecular weight excluding hydrogens is 422 g/mol. The van der Waals surface area contributed by atoms with Gasteiger partial charge in [0.1, 0.15) is 10.6 Å². The van der Waals surface area contributed by atoms with Gasteiger partial charge in [0.15, 0.2) is 9.84 Å². The number of anilines is 1. The lowest BCUT2D eigenvalue weighted by atomic mass is 10.0. The number of hydrogen-bond donors (Lipinski definition) is 1. The van der Waals surface area contributed by atoms with Crippen LogP contribution in [0, 0.1) is 5.92 Å². The minimum absolute atomic E-state index is 0.0334. The highest BCUT2D eigenvalue weighted by Crippen LogP contribution is 2.37. The molecule has 28 heavy (non-hydrogen) atoms. The number of carbonyl (C=O) groups is 2. The fourth-order valence-corrected chi connectivity index (χ4v) is 6.13. The van der Waals surface area contributed by atoms with Crippen LogP contribution in [0.15, 0.2) is 29.6 Å². The maximum atomic E-state index is 12.5. The van der Waals surface area contributed by atoms with E-state index in [1.54, 1.807) is 36.6 Å². The lowest BCUT2D eigenvalue weighted by molar-refractivity contribution is -0.116. The van der Waals surface area contributed by atoms with Gasteiger partial charge >= 0.3 is 5.97 Å². The van der Waals surface area contributed by atoms with E-state index in [2.05, 4.69) is 5.32 Å². The summed E-state index contributed by atoms with van der Waals surface area (Å²) in [4.78, 5) is 25.0. The number of nitrogens with one attached hydrogen (secondary N) is 1. The van der Waals surface area contributed by atoms with Gasteiger partial charge in [-0.25, -0.2) is 13.2 Å². The summed E-state index contributed by atoms with van der Waals surface area (Å²) in [5.74, 6) is -0.860. The summed E-state index contributed by atoms with van der Waals surface area (Å²) in [5.41, 5.74) is 1.73. The standard InChI is InChI=1S/C19H20ClNO5S2/c1-2-26-19(23)17-15(13-3-5-14(20)6-4-13)10-27-18(17)21-16(22)9-12-7-8-28(24,25)11-12/h3-6,10,12H,2,7-9,11H2,1H3,(H,21,22). The van der Waals surface area contributed by atoms with Gasteiger partial charge in [-0.3, -0.25) is 4.79 Å². The van der Waals surface area contributed by atoms with Crippen molar-refractivity contribution in [3.63, 3.8) is 0 Å². The van der Waals surface area contributed by atoms with E-state index in [4.69, 9.17) is 16.3 Å². The molecule has 9 heteroatoms. The van der Waals surface area contributed by atoms with Gasteiger partial charge in [-0.1, -0.05) is 23.7 Å². The van der Waals surface area contributed by atoms with E-state index in [1.807, 2.05) is 0 Å². The molecule has 1 aliphatic heterocycles. The molecule has 6 nitrogen and oxygen atoms in total. The van der Waals surface area contributed by atoms with Crippen LogP contribution in [0.4, 0.5) is 5.00 Å². The summed E-state index contributed by atoms with van der Waals surface area (Å²) < 4.78 is 28.3. The lowest BCUT2D eigenvalue weighted by Crippen LogP contribution is -2.18. The Bertz CT molecular complexity index is 982. The minimum atomic E-state index is -3.04. The number of esters is 1. The van der Waals surface area contributed by atoms with E-state index in [0.29, 0.717) is 27.6 Å². The van der Waals surface area contributed by atoms with Gasteiger partial charge in [0.05, 0.1) is 18.1 Å². The molecule has 0 spiro atoms. The van der Waals surface area contributed by atoms with Crippen molar-refractivity contribution >= 4 is 49.7 Å². The number of amides is 1. The number of hydrogen-bond acceptors (Lipinski definition) is 6. The van der Waals surface area contributed by atoms with Crippen molar-refractivity contribution in [3.05, 3.63) is 40.2 Å². The first-order valence-corrected chi connectivity index (χ1v) is 11.9. The molecule has 1 aromatic heterocycles. The average Bonchev–Trinajstić information content (AvgIpc) is 3.18. The molecule has 3 rings (SSSR count). The highest BCUT2D eigenvalue weighted by Gasteiger charge is 2.30. The summed E-state index contributed by atoms with van der Waals surface area (Å²) in [7, 11) is -3.04. The number of sulfone groups is 1. The smallest absolute Gasteiger partial charge is 0.341 e. The molecule has 1 atom stereocenters. The quantitative estimate of drug-likeness (QED) is 0.684. The highest BCUT2D eigenvalue weighted by molar-refractivity contribution is 7.91. The molecule has 0 aliphatic carbocycles. The van der Waals surface area contributed by atoms with Gasteiger partial charge in [0, 0.05) is 22.4 Å². The maximum Gasteiger partial charge on any atom is 0.341 e. The van der Waals surface area contributed by atoms with Crippen LogP contribution in [0.3, 0.4) is 0 Å². The van der Waals surface area contributed by atoms with Crippen LogP contribution >= 0.6 is 22.9 Å². The van der Waals surface area contributed by atoms with E-state index in [1.165, 1.54) is 11.3 Å². The summed E-state index contributed by atoms with van der Waals surface area (Å²) in [5, 5.41) is 5.52. The van der Waals surface area contributed by atoms with Gasteiger partial charge < -0.3 is 10.1 Å². The van der Waals surface area contributed by atoms with Crippen LogP contribution in [0.2, 0.25) is 5.02 Å². The summed E-state index contributed by atoms with van der Waals surface area (Å²) in [6, 6.07) is 7.04. The molecule has 150 valence electrons. The van der Waals surface area contributed by atoms with Crippen molar-refractivity contribution in [1.29, 1.82) is 0 Å². The molecule has 1 amide bonds. The predicted octanol–water partition coefficient (Wildman–Crippen LogP) is 4.01. The van der Waals surface area contributed by atoms with E-state index in [-0.39, 0.29) is 36.4 Å². The molecule has 0 saturated carbocycles. The summed E-state index contributed by atoms with van der Waals surface area (Å²) >= 11 is 7.17. The third-order valence-electron chi connectivity index (χ3n) is 4.48. The number of ether oxygens (including phenoxy) is 1. The minimum Gasteiger partial charge on any atom is -0.462 e. The van der Waals surface area contributed by atoms with Crippen LogP contribution in [0.5, 0.6) is 0 Å². The van der Waals surface area contributed by atoms with Crippen LogP contribution in [-0.4, -0.2) is 38.4 Å². The molecule has 1 aromatic carbocycles. The molecule has 1 N–H and O–H groups in total. The Morgan fingerprint density at radius 1 is 1.29 bits per heavy atom. The second-order valence-electron chi connectivity index (χ2n) is 6.60. The van der Waals surface area contributed by atoms with Crippen molar-refractivity contribution in [2.75, 3.05) is 23.4 Å².